The highest BCUT2D eigenvalue weighted by molar-refractivity contribution is 5.62. The second-order valence-corrected chi connectivity index (χ2v) is 17.3. The van der Waals surface area contributed by atoms with Crippen LogP contribution in [0.2, 0.25) is 0 Å². The lowest BCUT2D eigenvalue weighted by atomic mass is 9.74. The van der Waals surface area contributed by atoms with Crippen LogP contribution in [0.4, 0.5) is 0 Å². The van der Waals surface area contributed by atoms with E-state index in [0.29, 0.717) is 30.2 Å². The number of hydrogen-bond acceptors (Lipinski definition) is 6. The van der Waals surface area contributed by atoms with E-state index in [1.54, 1.807) is 0 Å². The van der Waals surface area contributed by atoms with Gasteiger partial charge in [-0.15, -0.1) is 0 Å². The van der Waals surface area contributed by atoms with Crippen molar-refractivity contribution in [2.24, 2.45) is 17.8 Å². The zero-order chi connectivity index (χ0) is 41.4. The number of aldehydes is 1. The number of likely N-dealkylation sites (N-methyl/N-ethyl adjacent to an activating group) is 1. The van der Waals surface area contributed by atoms with Gasteiger partial charge in [0.15, 0.2) is 5.75 Å². The molecular weight excluding hydrogens is 729 g/mol. The molecule has 1 aliphatic heterocycles. The topological polar surface area (TPSA) is 89.6 Å². The van der Waals surface area contributed by atoms with Gasteiger partial charge in [-0.1, -0.05) is 163 Å². The summed E-state index contributed by atoms with van der Waals surface area (Å²) in [5.74, 6) is 2.23. The summed E-state index contributed by atoms with van der Waals surface area (Å²) >= 11 is 0. The highest BCUT2D eigenvalue weighted by Crippen LogP contribution is 2.47. The van der Waals surface area contributed by atoms with Crippen LogP contribution in [0.1, 0.15) is 156 Å². The van der Waals surface area contributed by atoms with Crippen LogP contribution in [0.3, 0.4) is 0 Å². The van der Waals surface area contributed by atoms with Crippen LogP contribution in [0.5, 0.6) is 5.75 Å². The molecule has 3 aromatic carbocycles. The summed E-state index contributed by atoms with van der Waals surface area (Å²) in [6, 6.07) is 35.3. The second-order valence-electron chi connectivity index (χ2n) is 17.3. The fourth-order valence-corrected chi connectivity index (χ4v) is 10.7. The minimum absolute atomic E-state index is 0.0562. The summed E-state index contributed by atoms with van der Waals surface area (Å²) in [4.78, 5) is 23.4. The molecule has 1 aromatic heterocycles. The van der Waals surface area contributed by atoms with Crippen LogP contribution < -0.4 is 5.43 Å². The zero-order valence-electron chi connectivity index (χ0n) is 35.7. The Morgan fingerprint density at radius 1 is 0.661 bits per heavy atom. The van der Waals surface area contributed by atoms with Gasteiger partial charge in [0.05, 0.1) is 24.2 Å². The molecule has 7 heteroatoms. The van der Waals surface area contributed by atoms with Crippen molar-refractivity contribution in [3.63, 3.8) is 0 Å². The van der Waals surface area contributed by atoms with Crippen LogP contribution in [0.15, 0.2) is 108 Å². The van der Waals surface area contributed by atoms with E-state index >= 15 is 0 Å². The third-order valence-electron chi connectivity index (χ3n) is 13.8. The van der Waals surface area contributed by atoms with Gasteiger partial charge < -0.3 is 14.5 Å². The quantitative estimate of drug-likeness (QED) is 0.161. The second kappa shape index (κ2) is 22.7. The number of benzene rings is 3. The predicted molar refractivity (Wildman–Crippen MR) is 239 cm³/mol. The summed E-state index contributed by atoms with van der Waals surface area (Å²) < 4.78 is 2.18. The van der Waals surface area contributed by atoms with Gasteiger partial charge in [0.25, 0.3) is 0 Å². The number of fused-ring (bicyclic) bond motifs is 1. The van der Waals surface area contributed by atoms with E-state index in [4.69, 9.17) is 0 Å². The number of carbonyl (C=O) groups is 1. The van der Waals surface area contributed by atoms with Crippen molar-refractivity contribution >= 4 is 6.29 Å². The molecule has 59 heavy (non-hydrogen) atoms. The first kappa shape index (κ1) is 44.1. The Kier molecular flexibility index (Phi) is 17.0. The lowest BCUT2D eigenvalue weighted by Gasteiger charge is -2.50. The maximum atomic E-state index is 12.2. The molecular formula is C52H68N4O3. The Morgan fingerprint density at radius 2 is 1.15 bits per heavy atom. The molecule has 3 fully saturated rings. The Morgan fingerprint density at radius 3 is 1.64 bits per heavy atom. The number of hydrogen-bond donors (Lipinski definition) is 1. The largest absolute Gasteiger partial charge is 0.503 e. The van der Waals surface area contributed by atoms with Crippen LogP contribution in [0, 0.1) is 29.1 Å². The summed E-state index contributed by atoms with van der Waals surface area (Å²) in [5, 5.41) is 24.6. The van der Waals surface area contributed by atoms with Crippen molar-refractivity contribution in [3.8, 4) is 11.8 Å². The molecule has 4 aliphatic rings. The molecule has 0 saturated heterocycles. The molecule has 3 saturated carbocycles. The highest BCUT2D eigenvalue weighted by atomic mass is 16.3. The number of carbonyl (C=O) groups excluding carboxylic acids is 1. The summed E-state index contributed by atoms with van der Waals surface area (Å²) in [7, 11) is 0. The lowest BCUT2D eigenvalue weighted by Crippen LogP contribution is -2.53. The molecule has 0 radical (unpaired) electrons. The molecule has 2 heterocycles. The Hall–Kier alpha value is -4.51. The van der Waals surface area contributed by atoms with Crippen molar-refractivity contribution in [1.82, 2.24) is 14.6 Å². The SMILES string of the molecule is CCN1Cc2c(O)c(=O)ccn2C(C(c2ccccc2)C2CCCCC2)N1CC.N#CC(c1ccccc1)C1CCCCC1.O=CC(c1ccccc1)C1CCCCC1. The first-order chi connectivity index (χ1) is 29.0. The van der Waals surface area contributed by atoms with Gasteiger partial charge in [-0.05, 0) is 73.0 Å². The molecule has 3 aliphatic carbocycles. The maximum absolute atomic E-state index is 12.2. The molecule has 8 rings (SSSR count). The van der Waals surface area contributed by atoms with E-state index in [2.05, 4.69) is 89.1 Å². The number of pyridine rings is 1. The third kappa shape index (κ3) is 11.2. The van der Waals surface area contributed by atoms with Crippen molar-refractivity contribution in [1.29, 1.82) is 5.26 Å². The minimum Gasteiger partial charge on any atom is -0.503 e. The number of hydrazine groups is 1. The standard InChI is InChI=1S/C24H33N3O2.C14H17N.C14H18O/c1-3-25-17-20-23(29)21(28)15-16-26(20)24(27(25)4-2)22(18-11-7-5-8-12-18)19-13-9-6-10-14-19;2*15-11-14(12-7-3-1-4-8-12)13-9-5-2-6-10-13/h5,7-8,11-12,15-16,19,22,24,29H,3-4,6,9-10,13-14,17H2,1-2H3;1,3-4,7-8,13-14H,2,5-6,9-10H2;1,3-4,7-8,11,13-14H,2,5-6,9-10H2. The number of aromatic hydroxyl groups is 1. The summed E-state index contributed by atoms with van der Waals surface area (Å²) in [5.41, 5.74) is 4.20. The maximum Gasteiger partial charge on any atom is 0.223 e. The molecule has 0 spiro atoms. The number of aromatic nitrogens is 1. The van der Waals surface area contributed by atoms with Gasteiger partial charge in [-0.25, -0.2) is 10.0 Å². The average Bonchev–Trinajstić information content (AvgIpc) is 3.31. The summed E-state index contributed by atoms with van der Waals surface area (Å²) in [6.07, 6.45) is 22.3. The highest BCUT2D eigenvalue weighted by Gasteiger charge is 2.41. The average molecular weight is 797 g/mol. The fraction of sp³-hybridized carbons (Fsp3) is 0.519. The molecule has 1 N–H and O–H groups in total. The number of nitrogens with zero attached hydrogens (tertiary/aromatic N) is 4. The zero-order valence-corrected chi connectivity index (χ0v) is 35.7. The van der Waals surface area contributed by atoms with Crippen LogP contribution in [-0.2, 0) is 11.3 Å². The van der Waals surface area contributed by atoms with Crippen LogP contribution in [-0.4, -0.2) is 39.1 Å². The van der Waals surface area contributed by atoms with E-state index in [0.717, 1.165) is 25.1 Å². The van der Waals surface area contributed by atoms with Gasteiger partial charge >= 0.3 is 0 Å². The summed E-state index contributed by atoms with van der Waals surface area (Å²) in [6.45, 7) is 6.65. The van der Waals surface area contributed by atoms with E-state index in [9.17, 15) is 20.0 Å². The van der Waals surface area contributed by atoms with Crippen molar-refractivity contribution in [2.75, 3.05) is 13.1 Å². The van der Waals surface area contributed by atoms with Gasteiger partial charge in [-0.2, -0.15) is 5.26 Å². The fourth-order valence-electron chi connectivity index (χ4n) is 10.7. The Labute approximate surface area is 354 Å². The van der Waals surface area contributed by atoms with E-state index < -0.39 is 0 Å². The van der Waals surface area contributed by atoms with E-state index in [1.807, 2.05) is 42.6 Å². The normalized spacial score (nSPS) is 20.9. The van der Waals surface area contributed by atoms with Crippen LogP contribution in [0.25, 0.3) is 0 Å². The van der Waals surface area contributed by atoms with Gasteiger partial charge in [-0.3, -0.25) is 4.79 Å². The predicted octanol–water partition coefficient (Wildman–Crippen LogP) is 11.9. The van der Waals surface area contributed by atoms with Crippen molar-refractivity contribution in [3.05, 3.63) is 136 Å². The molecule has 0 bridgehead atoms. The Bertz CT molecular complexity index is 1930. The first-order valence-corrected chi connectivity index (χ1v) is 22.9. The minimum atomic E-state index is -0.287. The van der Waals surface area contributed by atoms with E-state index in [1.165, 1.54) is 119 Å². The molecule has 4 unspecified atom stereocenters. The van der Waals surface area contributed by atoms with Crippen molar-refractivity contribution in [2.45, 2.75) is 141 Å². The number of rotatable bonds is 10. The van der Waals surface area contributed by atoms with Gasteiger partial charge in [0.2, 0.25) is 5.43 Å². The third-order valence-corrected chi connectivity index (χ3v) is 13.8. The molecule has 314 valence electrons. The molecule has 4 aromatic rings. The smallest absolute Gasteiger partial charge is 0.223 e. The molecule has 4 atom stereocenters. The first-order valence-electron chi connectivity index (χ1n) is 22.9. The van der Waals surface area contributed by atoms with Gasteiger partial charge in [0.1, 0.15) is 12.5 Å². The monoisotopic (exact) mass is 797 g/mol. The van der Waals surface area contributed by atoms with Crippen molar-refractivity contribution < 1.29 is 9.90 Å². The Balaban J connectivity index is 0.000000164. The number of nitriles is 1. The molecule has 7 nitrogen and oxygen atoms in total. The van der Waals surface area contributed by atoms with Crippen LogP contribution >= 0.6 is 0 Å². The van der Waals surface area contributed by atoms with E-state index in [-0.39, 0.29) is 29.2 Å². The molecule has 0 amide bonds. The van der Waals surface area contributed by atoms with Gasteiger partial charge in [0, 0.05) is 37.2 Å². The lowest BCUT2D eigenvalue weighted by molar-refractivity contribution is -0.126.